The molecule has 53 heavy (non-hydrogen) atoms. The second-order valence-electron chi connectivity index (χ2n) is 12.2. The summed E-state index contributed by atoms with van der Waals surface area (Å²) in [6.07, 6.45) is 5.24. The summed E-state index contributed by atoms with van der Waals surface area (Å²) >= 11 is -8.62. The van der Waals surface area contributed by atoms with E-state index in [2.05, 4.69) is 0 Å². The van der Waals surface area contributed by atoms with Gasteiger partial charge in [-0.25, -0.2) is 0 Å². The van der Waals surface area contributed by atoms with E-state index in [0.29, 0.717) is 46.5 Å². The molecule has 0 unspecified atom stereocenters. The van der Waals surface area contributed by atoms with Gasteiger partial charge in [0.2, 0.25) is 0 Å². The minimum atomic E-state index is -4.31. The maximum atomic E-state index is 15.7. The molecule has 284 valence electrons. The van der Waals surface area contributed by atoms with E-state index in [1.807, 2.05) is 121 Å². The van der Waals surface area contributed by atoms with Gasteiger partial charge in [-0.2, -0.15) is 0 Å². The second-order valence-corrected chi connectivity index (χ2v) is 30.3. The molecular weight excluding hydrogens is 830 g/mol. The Morgan fingerprint density at radius 1 is 0.453 bits per heavy atom. The van der Waals surface area contributed by atoms with E-state index in [1.54, 1.807) is 55.2 Å². The first-order valence-electron chi connectivity index (χ1n) is 17.5. The Bertz CT molecular complexity index is 1600. The predicted octanol–water partition coefficient (Wildman–Crippen LogP) is 5.55. The molecule has 4 rings (SSSR count). The average Bonchev–Trinajstić information content (AvgIpc) is 3.23. The standard InChI is InChI=1S/C40H52As2O9Si2/c1-45-52(46-2,47-3)31-19-29-39(41(43,35-21-11-7-12-22-35)36-23-13-8-14-24-36)33-51-34-40(30-20-32-53(48-4,49-5)50-6)42(44,37-25-15-9-16-26-37)38-27-17-10-18-28-38/h7-18,21-28,33-34H,19-20,29-32H2,1-6H3. The third kappa shape index (κ3) is 10.2. The fraction of sp³-hybridized carbons (Fsp3) is 0.300. The van der Waals surface area contributed by atoms with Crippen molar-refractivity contribution in [3.63, 3.8) is 0 Å². The van der Waals surface area contributed by atoms with Crippen molar-refractivity contribution in [3.05, 3.63) is 143 Å². The number of ether oxygens (including phenoxy) is 1. The Labute approximate surface area is 322 Å². The zero-order valence-corrected chi connectivity index (χ0v) is 37.3. The van der Waals surface area contributed by atoms with Gasteiger partial charge in [-0.3, -0.25) is 0 Å². The van der Waals surface area contributed by atoms with Crippen LogP contribution in [-0.4, -0.2) is 87.2 Å². The quantitative estimate of drug-likeness (QED) is 0.0745. The van der Waals surface area contributed by atoms with Gasteiger partial charge in [0.25, 0.3) is 0 Å². The average molecular weight is 883 g/mol. The topological polar surface area (TPSA) is 98.8 Å². The Morgan fingerprint density at radius 2 is 0.698 bits per heavy atom. The molecule has 0 atom stereocenters. The Morgan fingerprint density at radius 3 is 0.925 bits per heavy atom. The first kappa shape index (κ1) is 42.8. The molecule has 0 saturated carbocycles. The van der Waals surface area contributed by atoms with Crippen molar-refractivity contribution in [3.8, 4) is 0 Å². The molecule has 0 fully saturated rings. The van der Waals surface area contributed by atoms with Gasteiger partial charge >= 0.3 is 324 Å². The molecule has 0 radical (unpaired) electrons. The van der Waals surface area contributed by atoms with Crippen molar-refractivity contribution in [2.24, 2.45) is 0 Å². The van der Waals surface area contributed by atoms with E-state index >= 15 is 7.48 Å². The van der Waals surface area contributed by atoms with Crippen LogP contribution >= 0.6 is 0 Å². The Hall–Kier alpha value is -2.93. The predicted molar refractivity (Wildman–Crippen MR) is 216 cm³/mol. The van der Waals surface area contributed by atoms with Crippen LogP contribution in [0.4, 0.5) is 0 Å². The van der Waals surface area contributed by atoms with E-state index in [9.17, 15) is 0 Å². The van der Waals surface area contributed by atoms with Gasteiger partial charge in [-0.1, -0.05) is 0 Å². The molecule has 0 aromatic heterocycles. The van der Waals surface area contributed by atoms with Gasteiger partial charge in [0, 0.05) is 0 Å². The monoisotopic (exact) mass is 882 g/mol. The molecule has 0 saturated heterocycles. The third-order valence-corrected chi connectivity index (χ3v) is 28.4. The molecule has 0 aliphatic heterocycles. The SMILES string of the molecule is CO[Si](CCCC(=COC=C(CCC[Si](OC)(OC)OC)[As](=O)(c1ccccc1)c1ccccc1)[As](=O)(c1ccccc1)c1ccccc1)(OC)OC. The number of rotatable bonds is 22. The van der Waals surface area contributed by atoms with Crippen LogP contribution in [0.3, 0.4) is 0 Å². The van der Waals surface area contributed by atoms with Gasteiger partial charge in [0.05, 0.1) is 0 Å². The molecule has 0 heterocycles. The summed E-state index contributed by atoms with van der Waals surface area (Å²) in [5, 5.41) is 0. The summed E-state index contributed by atoms with van der Waals surface area (Å²) in [7, 11) is 3.70. The summed E-state index contributed by atoms with van der Waals surface area (Å²) in [5.74, 6) is 0. The van der Waals surface area contributed by atoms with Gasteiger partial charge in [-0.05, 0) is 0 Å². The normalized spacial score (nSPS) is 13.2. The first-order valence-corrected chi connectivity index (χ1v) is 28.5. The van der Waals surface area contributed by atoms with Gasteiger partial charge in [0.1, 0.15) is 0 Å². The number of hydrogen-bond donors (Lipinski definition) is 0. The molecule has 9 nitrogen and oxygen atoms in total. The zero-order valence-electron chi connectivity index (χ0n) is 31.5. The van der Waals surface area contributed by atoms with Crippen LogP contribution in [0, 0.1) is 0 Å². The van der Waals surface area contributed by atoms with E-state index in [4.69, 9.17) is 31.3 Å². The summed E-state index contributed by atoms with van der Waals surface area (Å²) in [5.41, 5.74) is 0. The molecule has 0 bridgehead atoms. The van der Waals surface area contributed by atoms with Crippen LogP contribution < -0.4 is 17.4 Å². The number of benzene rings is 4. The molecule has 0 amide bonds. The van der Waals surface area contributed by atoms with Crippen molar-refractivity contribution in [2.45, 2.75) is 37.8 Å². The van der Waals surface area contributed by atoms with Crippen molar-refractivity contribution in [1.29, 1.82) is 0 Å². The summed E-state index contributed by atoms with van der Waals surface area (Å²) in [6.45, 7) is 0. The second kappa shape index (κ2) is 20.7. The van der Waals surface area contributed by atoms with Crippen LogP contribution in [0.25, 0.3) is 0 Å². The molecule has 13 heteroatoms. The van der Waals surface area contributed by atoms with E-state index in [-0.39, 0.29) is 0 Å². The van der Waals surface area contributed by atoms with Gasteiger partial charge in [-0.15, -0.1) is 0 Å². The summed E-state index contributed by atoms with van der Waals surface area (Å²) in [6, 6.07) is 39.3. The van der Waals surface area contributed by atoms with Gasteiger partial charge in [0.15, 0.2) is 0 Å². The fourth-order valence-electron chi connectivity index (χ4n) is 6.37. The van der Waals surface area contributed by atoms with Crippen LogP contribution in [0.15, 0.2) is 143 Å². The first-order chi connectivity index (χ1) is 25.7. The van der Waals surface area contributed by atoms with E-state index in [1.165, 1.54) is 0 Å². The summed E-state index contributed by atoms with van der Waals surface area (Å²) in [4.78, 5) is 0. The van der Waals surface area contributed by atoms with Crippen molar-refractivity contribution in [2.75, 3.05) is 42.7 Å². The molecule has 0 N–H and O–H groups in total. The van der Waals surface area contributed by atoms with E-state index in [0.717, 1.165) is 17.4 Å². The van der Waals surface area contributed by atoms with Crippen molar-refractivity contribution >= 4 is 62.0 Å². The molecule has 4 aromatic carbocycles. The molecule has 0 aliphatic carbocycles. The van der Waals surface area contributed by atoms with Crippen molar-refractivity contribution < 1.29 is 38.8 Å². The number of allylic oxidation sites excluding steroid dienone is 2. The minimum absolute atomic E-state index is 0.429. The molecular formula is C40H52As2O9Si2. The fourth-order valence-corrected chi connectivity index (χ4v) is 21.7. The van der Waals surface area contributed by atoms with Crippen LogP contribution in [0.1, 0.15) is 25.7 Å². The number of hydrogen-bond acceptors (Lipinski definition) is 9. The molecule has 0 spiro atoms. The maximum absolute atomic E-state index is 15.7. The van der Waals surface area contributed by atoms with Crippen LogP contribution in [-0.2, 0) is 38.8 Å². The summed E-state index contributed by atoms with van der Waals surface area (Å²) < 4.78 is 76.4. The van der Waals surface area contributed by atoms with Crippen LogP contribution in [0.2, 0.25) is 12.1 Å². The molecule has 0 aliphatic rings. The van der Waals surface area contributed by atoms with Crippen molar-refractivity contribution in [1.82, 2.24) is 0 Å². The van der Waals surface area contributed by atoms with Crippen LogP contribution in [0.5, 0.6) is 0 Å². The van der Waals surface area contributed by atoms with E-state index < -0.39 is 44.6 Å². The third-order valence-electron chi connectivity index (χ3n) is 9.39. The molecule has 4 aromatic rings. The van der Waals surface area contributed by atoms with Gasteiger partial charge < -0.3 is 0 Å². The Kier molecular flexibility index (Phi) is 16.7. The Balaban J connectivity index is 1.87. The zero-order chi connectivity index (χ0) is 38.2.